The van der Waals surface area contributed by atoms with Gasteiger partial charge >= 0.3 is 0 Å². The number of hydrogen-bond acceptors (Lipinski definition) is 2. The lowest BCUT2D eigenvalue weighted by molar-refractivity contribution is 0.513. The number of hydrogen-bond donors (Lipinski definition) is 0. The molecule has 2 heterocycles. The predicted octanol–water partition coefficient (Wildman–Crippen LogP) is 4.29. The maximum absolute atomic E-state index is 5.72. The Balaban J connectivity index is 1.90. The number of benzene rings is 1. The van der Waals surface area contributed by atoms with Crippen molar-refractivity contribution in [2.24, 2.45) is 0 Å². The van der Waals surface area contributed by atoms with Crippen molar-refractivity contribution >= 4 is 30.4 Å². The molecule has 16 heavy (non-hydrogen) atoms. The number of aryl methyl sites for hydroxylation is 1. The third kappa shape index (κ3) is 1.74. The molecule has 0 N–H and O–H groups in total. The topological polar surface area (TPSA) is 9.23 Å². The van der Waals surface area contributed by atoms with Gasteiger partial charge in [0, 0.05) is 4.91 Å². The molecule has 82 valence electrons. The van der Waals surface area contributed by atoms with E-state index in [0.29, 0.717) is 0 Å². The van der Waals surface area contributed by atoms with E-state index in [-0.39, 0.29) is 9.80 Å². The zero-order chi connectivity index (χ0) is 11.1. The molecule has 0 saturated heterocycles. The highest BCUT2D eigenvalue weighted by molar-refractivity contribution is 8.86. The van der Waals surface area contributed by atoms with Crippen LogP contribution in [0.5, 0.6) is 0 Å². The van der Waals surface area contributed by atoms with Crippen LogP contribution in [0.1, 0.15) is 18.1 Å². The lowest BCUT2D eigenvalue weighted by Gasteiger charge is -2.06. The van der Waals surface area contributed by atoms with Crippen LogP contribution in [-0.2, 0) is 4.18 Å². The fourth-order valence-electron chi connectivity index (χ4n) is 1.68. The molecule has 0 aromatic heterocycles. The summed E-state index contributed by atoms with van der Waals surface area (Å²) < 4.78 is 5.72. The van der Waals surface area contributed by atoms with Gasteiger partial charge in [-0.1, -0.05) is 29.8 Å². The predicted molar refractivity (Wildman–Crippen MR) is 74.2 cm³/mol. The van der Waals surface area contributed by atoms with Crippen LogP contribution in [0, 0.1) is 6.92 Å². The van der Waals surface area contributed by atoms with E-state index in [4.69, 9.17) is 4.18 Å². The van der Waals surface area contributed by atoms with Crippen molar-refractivity contribution in [1.29, 1.82) is 0 Å². The van der Waals surface area contributed by atoms with Crippen LogP contribution in [0.3, 0.4) is 0 Å². The minimum atomic E-state index is -0.0858. The zero-order valence-electron chi connectivity index (χ0n) is 9.19. The van der Waals surface area contributed by atoms with Gasteiger partial charge in [-0.15, -0.1) is 0 Å². The summed E-state index contributed by atoms with van der Waals surface area (Å²) >= 11 is 0. The lowest BCUT2D eigenvalue weighted by Crippen LogP contribution is -1.82. The Morgan fingerprint density at radius 1 is 1.06 bits per heavy atom. The Hall–Kier alpha value is -0.930. The van der Waals surface area contributed by atoms with Gasteiger partial charge in [0.2, 0.25) is 0 Å². The van der Waals surface area contributed by atoms with Crippen LogP contribution in [-0.4, -0.2) is 4.86 Å². The molecule has 1 aromatic rings. The summed E-state index contributed by atoms with van der Waals surface area (Å²) in [7, 11) is 1.74. The first-order chi connectivity index (χ1) is 7.72. The van der Waals surface area contributed by atoms with E-state index in [1.807, 2.05) is 17.7 Å². The van der Waals surface area contributed by atoms with Crippen molar-refractivity contribution in [3.63, 3.8) is 0 Å². The molecule has 0 saturated carbocycles. The molecule has 3 rings (SSSR count). The van der Waals surface area contributed by atoms with Crippen LogP contribution in [0.15, 0.2) is 42.2 Å². The van der Waals surface area contributed by atoms with E-state index < -0.39 is 0 Å². The quantitative estimate of drug-likeness (QED) is 0.541. The Morgan fingerprint density at radius 3 is 2.50 bits per heavy atom. The van der Waals surface area contributed by atoms with Crippen molar-refractivity contribution in [3.05, 3.63) is 53.3 Å². The van der Waals surface area contributed by atoms with Crippen LogP contribution in [0.2, 0.25) is 0 Å². The summed E-state index contributed by atoms with van der Waals surface area (Å²) in [6.07, 6.45) is 4.38. The van der Waals surface area contributed by atoms with Gasteiger partial charge in [-0.05, 0) is 42.4 Å². The van der Waals surface area contributed by atoms with Crippen molar-refractivity contribution in [3.8, 4) is 0 Å². The largest absolute Gasteiger partial charge is 0.427 e. The van der Waals surface area contributed by atoms with Gasteiger partial charge < -0.3 is 4.18 Å². The third-order valence-electron chi connectivity index (χ3n) is 2.52. The summed E-state index contributed by atoms with van der Waals surface area (Å²) in [5.74, 6) is 1.03. The maximum Gasteiger partial charge on any atom is 0.113 e. The molecule has 1 atom stereocenters. The van der Waals surface area contributed by atoms with Gasteiger partial charge in [0.15, 0.2) is 0 Å². The molecule has 1 nitrogen and oxygen atoms in total. The molecule has 1 aromatic carbocycles. The molecule has 3 heteroatoms. The standard InChI is InChI=1S/C13H12OS2/c1-9-3-5-11(6-4-9)13-8-12-7-10(2)14-16(12)15-13/h3-8H,1-2H3. The fourth-order valence-corrected chi connectivity index (χ4v) is 5.24. The maximum atomic E-state index is 5.72. The Morgan fingerprint density at radius 2 is 1.81 bits per heavy atom. The second kappa shape index (κ2) is 3.82. The van der Waals surface area contributed by atoms with E-state index in [9.17, 15) is 0 Å². The fraction of sp³-hybridized carbons (Fsp3) is 0.154. The monoisotopic (exact) mass is 248 g/mol. The minimum absolute atomic E-state index is 0.0858. The summed E-state index contributed by atoms with van der Waals surface area (Å²) in [6, 6.07) is 8.66. The van der Waals surface area contributed by atoms with E-state index >= 15 is 0 Å². The van der Waals surface area contributed by atoms with Gasteiger partial charge in [0.05, 0.1) is 14.7 Å². The zero-order valence-corrected chi connectivity index (χ0v) is 10.8. The van der Waals surface area contributed by atoms with Crippen molar-refractivity contribution in [2.45, 2.75) is 13.8 Å². The van der Waals surface area contributed by atoms with Crippen LogP contribution in [0.25, 0.3) is 4.91 Å². The van der Waals surface area contributed by atoms with Gasteiger partial charge in [0.25, 0.3) is 0 Å². The van der Waals surface area contributed by atoms with E-state index in [1.54, 1.807) is 0 Å². The van der Waals surface area contributed by atoms with Gasteiger partial charge in [0.1, 0.15) is 5.76 Å². The average Bonchev–Trinajstić information content (AvgIpc) is 2.75. The molecule has 0 aliphatic carbocycles. The molecule has 2 aliphatic heterocycles. The highest BCUT2D eigenvalue weighted by Crippen LogP contribution is 2.52. The summed E-state index contributed by atoms with van der Waals surface area (Å²) in [5, 5.41) is 0. The van der Waals surface area contributed by atoms with E-state index in [1.165, 1.54) is 20.9 Å². The molecule has 0 spiro atoms. The Kier molecular flexibility index (Phi) is 2.45. The highest BCUT2D eigenvalue weighted by atomic mass is 33.1. The average molecular weight is 248 g/mol. The third-order valence-corrected chi connectivity index (χ3v) is 6.01. The second-order valence-electron chi connectivity index (χ2n) is 3.93. The Bertz CT molecular complexity index is 536. The van der Waals surface area contributed by atoms with Crippen molar-refractivity contribution in [1.82, 2.24) is 0 Å². The molecule has 1 unspecified atom stereocenters. The Labute approximate surface area is 102 Å². The molecular formula is C13H12OS2. The van der Waals surface area contributed by atoms with Gasteiger partial charge in [-0.25, -0.2) is 0 Å². The number of rotatable bonds is 1. The van der Waals surface area contributed by atoms with Crippen LogP contribution >= 0.6 is 20.6 Å². The molecule has 2 aliphatic rings. The summed E-state index contributed by atoms with van der Waals surface area (Å²) in [4.78, 5) is 2.64. The van der Waals surface area contributed by atoms with Crippen LogP contribution < -0.4 is 0 Å². The van der Waals surface area contributed by atoms with E-state index in [2.05, 4.69) is 43.3 Å². The first-order valence-electron chi connectivity index (χ1n) is 5.17. The normalized spacial score (nSPS) is 22.6. The highest BCUT2D eigenvalue weighted by Gasteiger charge is 2.22. The van der Waals surface area contributed by atoms with Gasteiger partial charge in [-0.3, -0.25) is 0 Å². The second-order valence-corrected chi connectivity index (χ2v) is 7.06. The first-order valence-corrected chi connectivity index (χ1v) is 7.65. The first kappa shape index (κ1) is 10.2. The molecule has 0 fully saturated rings. The SMILES string of the molecule is CC1=CC2=S(O1)SC(c1ccc(C)cc1)=C2. The molecule has 0 amide bonds. The molecular weight excluding hydrogens is 236 g/mol. The van der Waals surface area contributed by atoms with Crippen molar-refractivity contribution < 1.29 is 4.18 Å². The lowest BCUT2D eigenvalue weighted by atomic mass is 10.1. The molecule has 0 bridgehead atoms. The minimum Gasteiger partial charge on any atom is -0.427 e. The van der Waals surface area contributed by atoms with E-state index in [0.717, 1.165) is 5.76 Å². The van der Waals surface area contributed by atoms with Crippen molar-refractivity contribution in [2.75, 3.05) is 0 Å². The summed E-state index contributed by atoms with van der Waals surface area (Å²) in [5.41, 5.74) is 2.59. The van der Waals surface area contributed by atoms with Crippen LogP contribution in [0.4, 0.5) is 0 Å². The molecule has 0 radical (unpaired) electrons. The summed E-state index contributed by atoms with van der Waals surface area (Å²) in [6.45, 7) is 4.12. The van der Waals surface area contributed by atoms with Gasteiger partial charge in [-0.2, -0.15) is 0 Å². The number of allylic oxidation sites excluding steroid dienone is 3. The smallest absolute Gasteiger partial charge is 0.113 e.